The van der Waals surface area contributed by atoms with E-state index in [1.165, 1.54) is 13.5 Å². The average Bonchev–Trinajstić information content (AvgIpc) is 2.43. The van der Waals surface area contributed by atoms with Crippen LogP contribution in [0.3, 0.4) is 0 Å². The molecule has 1 saturated carbocycles. The molecule has 2 N–H and O–H groups in total. The van der Waals surface area contributed by atoms with Crippen LogP contribution in [0.4, 0.5) is 0 Å². The maximum atomic E-state index is 12.6. The second-order valence-corrected chi connectivity index (χ2v) is 6.25. The number of nitrogens with zero attached hydrogens (tertiary/aromatic N) is 1. The Kier molecular flexibility index (Phi) is 5.02. The first-order valence-corrected chi connectivity index (χ1v) is 7.66. The second-order valence-electron chi connectivity index (χ2n) is 6.25. The van der Waals surface area contributed by atoms with Crippen LogP contribution >= 0.6 is 0 Å². The zero-order valence-electron chi connectivity index (χ0n) is 12.4. The van der Waals surface area contributed by atoms with Gasteiger partial charge in [0, 0.05) is 19.0 Å². The molecular formula is C15H26N2O3. The molecule has 0 aromatic heterocycles. The molecule has 1 aliphatic carbocycles. The van der Waals surface area contributed by atoms with Gasteiger partial charge >= 0.3 is 5.97 Å². The summed E-state index contributed by atoms with van der Waals surface area (Å²) in [6.45, 7) is 1.36. The molecular weight excluding hydrogens is 256 g/mol. The lowest BCUT2D eigenvalue weighted by Gasteiger charge is -2.43. The Morgan fingerprint density at radius 1 is 1.30 bits per heavy atom. The van der Waals surface area contributed by atoms with E-state index >= 15 is 0 Å². The zero-order valence-corrected chi connectivity index (χ0v) is 12.4. The highest BCUT2D eigenvalue weighted by Gasteiger charge is 2.40. The van der Waals surface area contributed by atoms with Gasteiger partial charge in [-0.3, -0.25) is 9.59 Å². The van der Waals surface area contributed by atoms with Crippen LogP contribution < -0.4 is 5.73 Å². The first kappa shape index (κ1) is 15.3. The number of likely N-dealkylation sites (tertiary alicyclic amines) is 1. The van der Waals surface area contributed by atoms with Gasteiger partial charge < -0.3 is 15.4 Å². The van der Waals surface area contributed by atoms with Crippen molar-refractivity contribution in [2.24, 2.45) is 11.1 Å². The van der Waals surface area contributed by atoms with Gasteiger partial charge in [0.2, 0.25) is 5.91 Å². The van der Waals surface area contributed by atoms with E-state index in [2.05, 4.69) is 0 Å². The molecule has 2 fully saturated rings. The monoisotopic (exact) mass is 282 g/mol. The number of methoxy groups -OCH3 is 1. The van der Waals surface area contributed by atoms with Crippen LogP contribution in [0.25, 0.3) is 0 Å². The highest BCUT2D eigenvalue weighted by atomic mass is 16.5. The number of esters is 1. The van der Waals surface area contributed by atoms with E-state index in [0.717, 1.165) is 38.6 Å². The van der Waals surface area contributed by atoms with Crippen LogP contribution in [0.2, 0.25) is 0 Å². The van der Waals surface area contributed by atoms with E-state index in [1.807, 2.05) is 4.90 Å². The van der Waals surface area contributed by atoms with Crippen molar-refractivity contribution >= 4 is 11.9 Å². The van der Waals surface area contributed by atoms with Crippen molar-refractivity contribution in [2.75, 3.05) is 20.2 Å². The topological polar surface area (TPSA) is 72.6 Å². The lowest BCUT2D eigenvalue weighted by Crippen LogP contribution is -2.49. The molecule has 20 heavy (non-hydrogen) atoms. The Morgan fingerprint density at radius 3 is 2.60 bits per heavy atom. The highest BCUT2D eigenvalue weighted by molar-refractivity contribution is 5.79. The van der Waals surface area contributed by atoms with Gasteiger partial charge in [0.15, 0.2) is 0 Å². The molecule has 0 aromatic rings. The first-order chi connectivity index (χ1) is 9.60. The molecule has 5 heteroatoms. The van der Waals surface area contributed by atoms with Crippen LogP contribution in [0, 0.1) is 5.41 Å². The van der Waals surface area contributed by atoms with Crippen molar-refractivity contribution in [1.29, 1.82) is 0 Å². The molecule has 0 bridgehead atoms. The van der Waals surface area contributed by atoms with E-state index in [4.69, 9.17) is 10.5 Å². The number of carbonyl (C=O) groups excluding carboxylic acids is 2. The molecule has 114 valence electrons. The fraction of sp³-hybridized carbons (Fsp3) is 0.867. The maximum absolute atomic E-state index is 12.6. The van der Waals surface area contributed by atoms with Gasteiger partial charge in [-0.2, -0.15) is 0 Å². The van der Waals surface area contributed by atoms with Crippen LogP contribution in [-0.2, 0) is 14.3 Å². The number of hydrogen-bond acceptors (Lipinski definition) is 4. The van der Waals surface area contributed by atoms with E-state index in [0.29, 0.717) is 19.4 Å². The summed E-state index contributed by atoms with van der Waals surface area (Å²) in [5.74, 6) is -0.0596. The summed E-state index contributed by atoms with van der Waals surface area (Å²) < 4.78 is 4.74. The quantitative estimate of drug-likeness (QED) is 0.775. The summed E-state index contributed by atoms with van der Waals surface area (Å²) in [7, 11) is 1.40. The van der Waals surface area contributed by atoms with Gasteiger partial charge in [0.25, 0.3) is 0 Å². The third kappa shape index (κ3) is 3.32. The molecule has 1 saturated heterocycles. The van der Waals surface area contributed by atoms with Crippen molar-refractivity contribution in [3.63, 3.8) is 0 Å². The predicted octanol–water partition coefficient (Wildman–Crippen LogP) is 1.45. The molecule has 0 aromatic carbocycles. The number of nitrogens with two attached hydrogens (primary N) is 1. The van der Waals surface area contributed by atoms with Gasteiger partial charge in [0.1, 0.15) is 0 Å². The Labute approximate surface area is 120 Å². The van der Waals surface area contributed by atoms with Crippen LogP contribution in [0.5, 0.6) is 0 Å². The van der Waals surface area contributed by atoms with Crippen LogP contribution in [0.15, 0.2) is 0 Å². The predicted molar refractivity (Wildman–Crippen MR) is 75.9 cm³/mol. The summed E-state index contributed by atoms with van der Waals surface area (Å²) in [5.41, 5.74) is 5.87. The van der Waals surface area contributed by atoms with E-state index in [9.17, 15) is 9.59 Å². The van der Waals surface area contributed by atoms with Gasteiger partial charge in [-0.15, -0.1) is 0 Å². The van der Waals surface area contributed by atoms with Crippen LogP contribution in [0.1, 0.15) is 51.4 Å². The fourth-order valence-corrected chi connectivity index (χ4v) is 3.37. The molecule has 0 spiro atoms. The summed E-state index contributed by atoms with van der Waals surface area (Å²) in [5, 5.41) is 0. The second kappa shape index (κ2) is 6.57. The van der Waals surface area contributed by atoms with Crippen molar-refractivity contribution in [3.8, 4) is 0 Å². The van der Waals surface area contributed by atoms with Gasteiger partial charge in [-0.05, 0) is 44.1 Å². The Hall–Kier alpha value is -1.10. The van der Waals surface area contributed by atoms with Crippen LogP contribution in [-0.4, -0.2) is 43.0 Å². The Balaban J connectivity index is 1.96. The molecule has 1 atom stereocenters. The van der Waals surface area contributed by atoms with E-state index < -0.39 is 0 Å². The van der Waals surface area contributed by atoms with Gasteiger partial charge in [-0.25, -0.2) is 0 Å². The number of carbonyl (C=O) groups is 2. The van der Waals surface area contributed by atoms with Gasteiger partial charge in [0.05, 0.1) is 13.5 Å². The number of ether oxygens (including phenoxy) is 1. The molecule has 2 aliphatic rings. The smallest absolute Gasteiger partial charge is 0.307 e. The third-order valence-electron chi connectivity index (χ3n) is 4.95. The lowest BCUT2D eigenvalue weighted by molar-refractivity contribution is -0.145. The largest absolute Gasteiger partial charge is 0.469 e. The Bertz CT molecular complexity index is 361. The SMILES string of the molecule is COC(=O)CC1CCCCN1C(=O)CC1(CN)CCC1. The number of amides is 1. The number of rotatable bonds is 5. The molecule has 5 nitrogen and oxygen atoms in total. The fourth-order valence-electron chi connectivity index (χ4n) is 3.37. The summed E-state index contributed by atoms with van der Waals surface area (Å²) >= 11 is 0. The first-order valence-electron chi connectivity index (χ1n) is 7.66. The molecule has 1 amide bonds. The normalized spacial score (nSPS) is 24.9. The lowest BCUT2D eigenvalue weighted by atomic mass is 9.66. The molecule has 1 unspecified atom stereocenters. The van der Waals surface area contributed by atoms with Gasteiger partial charge in [-0.1, -0.05) is 6.42 Å². The maximum Gasteiger partial charge on any atom is 0.307 e. The number of piperidine rings is 1. The molecule has 2 rings (SSSR count). The van der Waals surface area contributed by atoms with Crippen molar-refractivity contribution < 1.29 is 14.3 Å². The molecule has 1 heterocycles. The van der Waals surface area contributed by atoms with E-state index in [1.54, 1.807) is 0 Å². The Morgan fingerprint density at radius 2 is 2.05 bits per heavy atom. The molecule has 1 aliphatic heterocycles. The zero-order chi connectivity index (χ0) is 14.6. The number of hydrogen-bond donors (Lipinski definition) is 1. The third-order valence-corrected chi connectivity index (χ3v) is 4.95. The summed E-state index contributed by atoms with van der Waals surface area (Å²) in [6, 6.07) is 0.0126. The minimum Gasteiger partial charge on any atom is -0.469 e. The minimum atomic E-state index is -0.230. The average molecular weight is 282 g/mol. The van der Waals surface area contributed by atoms with Crippen molar-refractivity contribution in [3.05, 3.63) is 0 Å². The van der Waals surface area contributed by atoms with E-state index in [-0.39, 0.29) is 23.3 Å². The van der Waals surface area contributed by atoms with Crippen molar-refractivity contribution in [1.82, 2.24) is 4.90 Å². The van der Waals surface area contributed by atoms with Crippen molar-refractivity contribution in [2.45, 2.75) is 57.4 Å². The molecule has 0 radical (unpaired) electrons. The minimum absolute atomic E-state index is 0.0126. The summed E-state index contributed by atoms with van der Waals surface area (Å²) in [6.07, 6.45) is 7.16. The summed E-state index contributed by atoms with van der Waals surface area (Å²) in [4.78, 5) is 25.9. The highest BCUT2D eigenvalue weighted by Crippen LogP contribution is 2.43. The standard InChI is InChI=1S/C15H26N2O3/c1-20-14(19)9-12-5-2-3-8-17(12)13(18)10-15(11-16)6-4-7-15/h12H,2-11,16H2,1H3.